The van der Waals surface area contributed by atoms with E-state index in [1.807, 2.05) is 27.7 Å². The molecule has 1 N–H and O–H groups in total. The van der Waals surface area contributed by atoms with E-state index in [-0.39, 0.29) is 23.4 Å². The molecule has 0 radical (unpaired) electrons. The van der Waals surface area contributed by atoms with Crippen molar-refractivity contribution in [2.75, 3.05) is 20.2 Å². The molecule has 0 fully saturated rings. The molecule has 0 aliphatic rings. The van der Waals surface area contributed by atoms with Gasteiger partial charge in [0.15, 0.2) is 0 Å². The van der Waals surface area contributed by atoms with E-state index in [0.717, 1.165) is 17.5 Å². The van der Waals surface area contributed by atoms with Crippen molar-refractivity contribution in [1.29, 1.82) is 0 Å². The monoisotopic (exact) mass is 356 g/mol. The fraction of sp³-hybridized carbons (Fsp3) is 0.588. The third-order valence-corrected chi connectivity index (χ3v) is 5.72. The topological polar surface area (TPSA) is 75.7 Å². The molecule has 0 saturated heterocycles. The van der Waals surface area contributed by atoms with E-state index in [4.69, 9.17) is 4.74 Å². The quantitative estimate of drug-likeness (QED) is 0.775. The summed E-state index contributed by atoms with van der Waals surface area (Å²) in [5, 5.41) is 0. The molecule has 7 heteroatoms. The molecule has 1 atom stereocenters. The van der Waals surface area contributed by atoms with E-state index >= 15 is 0 Å². The van der Waals surface area contributed by atoms with Crippen molar-refractivity contribution in [2.45, 2.75) is 52.0 Å². The molecule has 1 rings (SSSR count). The summed E-state index contributed by atoms with van der Waals surface area (Å²) in [5.74, 6) is 0.253. The molecule has 0 aromatic heterocycles. The number of carbonyl (C=O) groups is 1. The maximum Gasteiger partial charge on any atom is 0.244 e. The third kappa shape index (κ3) is 4.95. The van der Waals surface area contributed by atoms with E-state index in [1.165, 1.54) is 14.0 Å². The molecule has 0 bridgehead atoms. The van der Waals surface area contributed by atoms with Gasteiger partial charge in [0.25, 0.3) is 0 Å². The smallest absolute Gasteiger partial charge is 0.244 e. The van der Waals surface area contributed by atoms with Gasteiger partial charge in [-0.2, -0.15) is 0 Å². The maximum atomic E-state index is 12.6. The molecule has 1 aromatic rings. The van der Waals surface area contributed by atoms with Crippen LogP contribution in [0.3, 0.4) is 0 Å². The summed E-state index contributed by atoms with van der Waals surface area (Å²) >= 11 is 0. The first-order valence-electron chi connectivity index (χ1n) is 8.06. The average Bonchev–Trinajstić information content (AvgIpc) is 2.52. The number of rotatable bonds is 8. The van der Waals surface area contributed by atoms with Crippen LogP contribution in [0.4, 0.5) is 0 Å². The third-order valence-electron chi connectivity index (χ3n) is 4.24. The average molecular weight is 356 g/mol. The maximum absolute atomic E-state index is 12.6. The summed E-state index contributed by atoms with van der Waals surface area (Å²) in [6.45, 7) is 9.67. The lowest BCUT2D eigenvalue weighted by Gasteiger charge is -2.27. The lowest BCUT2D eigenvalue weighted by molar-refractivity contribution is -0.130. The predicted molar refractivity (Wildman–Crippen MR) is 94.8 cm³/mol. The zero-order valence-corrected chi connectivity index (χ0v) is 16.2. The second kappa shape index (κ2) is 8.48. The lowest BCUT2D eigenvalue weighted by atomic mass is 10.1. The number of sulfonamides is 1. The van der Waals surface area contributed by atoms with E-state index in [0.29, 0.717) is 12.3 Å². The summed E-state index contributed by atoms with van der Waals surface area (Å²) in [7, 11) is -2.26. The highest BCUT2D eigenvalue weighted by molar-refractivity contribution is 7.89. The number of hydrogen-bond donors (Lipinski definition) is 1. The van der Waals surface area contributed by atoms with Gasteiger partial charge in [-0.05, 0) is 50.5 Å². The van der Waals surface area contributed by atoms with Gasteiger partial charge >= 0.3 is 0 Å². The number of benzene rings is 1. The van der Waals surface area contributed by atoms with Gasteiger partial charge in [-0.25, -0.2) is 13.1 Å². The molecular formula is C17H28N2O4S. The van der Waals surface area contributed by atoms with Crippen molar-refractivity contribution in [2.24, 2.45) is 0 Å². The number of methoxy groups -OCH3 is 1. The van der Waals surface area contributed by atoms with Gasteiger partial charge < -0.3 is 9.64 Å². The summed E-state index contributed by atoms with van der Waals surface area (Å²) in [6, 6.07) is 3.39. The Morgan fingerprint density at radius 3 is 2.38 bits per heavy atom. The lowest BCUT2D eigenvalue weighted by Crippen LogP contribution is -2.42. The molecule has 0 aliphatic carbocycles. The summed E-state index contributed by atoms with van der Waals surface area (Å²) in [4.78, 5) is 13.5. The van der Waals surface area contributed by atoms with Crippen LogP contribution < -0.4 is 9.46 Å². The summed E-state index contributed by atoms with van der Waals surface area (Å²) < 4.78 is 32.9. The first kappa shape index (κ1) is 20.4. The van der Waals surface area contributed by atoms with Crippen molar-refractivity contribution in [3.63, 3.8) is 0 Å². The number of nitrogens with zero attached hydrogens (tertiary/aromatic N) is 1. The van der Waals surface area contributed by atoms with Gasteiger partial charge in [0, 0.05) is 26.1 Å². The zero-order valence-electron chi connectivity index (χ0n) is 15.3. The number of carbonyl (C=O) groups excluding carboxylic acids is 1. The predicted octanol–water partition coefficient (Wildman–Crippen LogP) is 2.24. The van der Waals surface area contributed by atoms with Crippen LogP contribution in [0.15, 0.2) is 17.0 Å². The Hall–Kier alpha value is -1.60. The van der Waals surface area contributed by atoms with Gasteiger partial charge in [0.1, 0.15) is 10.6 Å². The van der Waals surface area contributed by atoms with Crippen LogP contribution in [0, 0.1) is 13.8 Å². The molecule has 1 unspecified atom stereocenters. The van der Waals surface area contributed by atoms with Gasteiger partial charge in [-0.3, -0.25) is 4.79 Å². The molecular weight excluding hydrogens is 328 g/mol. The van der Waals surface area contributed by atoms with E-state index in [9.17, 15) is 13.2 Å². The molecule has 1 aromatic carbocycles. The fourth-order valence-electron chi connectivity index (χ4n) is 2.42. The first-order chi connectivity index (χ1) is 11.1. The SMILES string of the molecule is CCC(C)N(CCNS(=O)(=O)c1cc(C)c(C)cc1OC)C(C)=O. The minimum Gasteiger partial charge on any atom is -0.495 e. The van der Waals surface area contributed by atoms with Crippen molar-refractivity contribution < 1.29 is 17.9 Å². The van der Waals surface area contributed by atoms with Gasteiger partial charge in [0.2, 0.25) is 15.9 Å². The Morgan fingerprint density at radius 2 is 1.88 bits per heavy atom. The van der Waals surface area contributed by atoms with Crippen LogP contribution in [0.2, 0.25) is 0 Å². The standard InChI is InChI=1S/C17H28N2O4S/c1-7-14(4)19(15(5)20)9-8-18-24(21,22)17-11-13(3)12(2)10-16(17)23-6/h10-11,14,18H,7-9H2,1-6H3. The van der Waals surface area contributed by atoms with Crippen molar-refractivity contribution in [1.82, 2.24) is 9.62 Å². The largest absolute Gasteiger partial charge is 0.495 e. The number of ether oxygens (including phenoxy) is 1. The van der Waals surface area contributed by atoms with E-state index in [2.05, 4.69) is 4.72 Å². The molecule has 0 aliphatic heterocycles. The van der Waals surface area contributed by atoms with Crippen LogP contribution >= 0.6 is 0 Å². The number of nitrogens with one attached hydrogen (secondary N) is 1. The molecule has 6 nitrogen and oxygen atoms in total. The highest BCUT2D eigenvalue weighted by atomic mass is 32.2. The minimum absolute atomic E-state index is 0.0627. The Morgan fingerprint density at radius 1 is 1.29 bits per heavy atom. The summed E-state index contributed by atoms with van der Waals surface area (Å²) in [5.41, 5.74) is 1.84. The van der Waals surface area contributed by atoms with Gasteiger partial charge in [-0.15, -0.1) is 0 Å². The van der Waals surface area contributed by atoms with Crippen LogP contribution in [0.25, 0.3) is 0 Å². The van der Waals surface area contributed by atoms with Crippen molar-refractivity contribution in [3.05, 3.63) is 23.3 Å². The molecule has 0 spiro atoms. The van der Waals surface area contributed by atoms with Crippen molar-refractivity contribution in [3.8, 4) is 5.75 Å². The van der Waals surface area contributed by atoms with E-state index in [1.54, 1.807) is 17.0 Å². The molecule has 24 heavy (non-hydrogen) atoms. The van der Waals surface area contributed by atoms with Crippen LogP contribution in [-0.2, 0) is 14.8 Å². The molecule has 0 saturated carbocycles. The molecule has 136 valence electrons. The Labute approximate surface area is 145 Å². The van der Waals surface area contributed by atoms with Gasteiger partial charge in [0.05, 0.1) is 7.11 Å². The fourth-order valence-corrected chi connectivity index (χ4v) is 3.67. The minimum atomic E-state index is -3.71. The van der Waals surface area contributed by atoms with Gasteiger partial charge in [-0.1, -0.05) is 6.92 Å². The van der Waals surface area contributed by atoms with Crippen LogP contribution in [0.5, 0.6) is 5.75 Å². The van der Waals surface area contributed by atoms with Crippen LogP contribution in [0.1, 0.15) is 38.3 Å². The second-order valence-electron chi connectivity index (χ2n) is 5.95. The van der Waals surface area contributed by atoms with Crippen molar-refractivity contribution >= 4 is 15.9 Å². The highest BCUT2D eigenvalue weighted by Gasteiger charge is 2.21. The molecule has 0 heterocycles. The Balaban J connectivity index is 2.91. The van der Waals surface area contributed by atoms with Crippen LogP contribution in [-0.4, -0.2) is 45.5 Å². The Kier molecular flexibility index (Phi) is 7.23. The number of amides is 1. The van der Waals surface area contributed by atoms with E-state index < -0.39 is 10.0 Å². The first-order valence-corrected chi connectivity index (χ1v) is 9.54. The normalized spacial score (nSPS) is 12.8. The number of aryl methyl sites for hydroxylation is 2. The molecule has 1 amide bonds. The highest BCUT2D eigenvalue weighted by Crippen LogP contribution is 2.27. The number of hydrogen-bond acceptors (Lipinski definition) is 4. The summed E-state index contributed by atoms with van der Waals surface area (Å²) in [6.07, 6.45) is 0.817. The second-order valence-corrected chi connectivity index (χ2v) is 7.69. The zero-order chi connectivity index (χ0) is 18.5. The Bertz CT molecular complexity index is 686.